The molecule has 0 spiro atoms. The van der Waals surface area contributed by atoms with Crippen molar-refractivity contribution in [3.63, 3.8) is 0 Å². The number of hydrogen-bond donors (Lipinski definition) is 1. The Kier molecular flexibility index (Phi) is 2.40. The van der Waals surface area contributed by atoms with Crippen LogP contribution in [0.25, 0.3) is 10.8 Å². The molecule has 0 saturated heterocycles. The number of nitrogens with zero attached hydrogens (tertiary/aromatic N) is 1. The molecule has 2 aromatic rings. The van der Waals surface area contributed by atoms with E-state index in [1.165, 1.54) is 0 Å². The molecule has 1 heterocycles. The third-order valence-corrected chi connectivity index (χ3v) is 2.55. The van der Waals surface area contributed by atoms with Gasteiger partial charge in [-0.2, -0.15) is 0 Å². The Bertz CT molecular complexity index is 480. The Labute approximate surface area is 87.7 Å². The fraction of sp³-hybridized carbons (Fsp3) is 0.182. The third-order valence-electron chi connectivity index (χ3n) is 2.27. The maximum absolute atomic E-state index is 6.04. The summed E-state index contributed by atoms with van der Waals surface area (Å²) in [6.07, 6.45) is 0. The van der Waals surface area contributed by atoms with Gasteiger partial charge in [0.15, 0.2) is 0 Å². The van der Waals surface area contributed by atoms with Gasteiger partial charge in [-0.1, -0.05) is 29.8 Å². The largest absolute Gasteiger partial charge is 0.326 e. The number of aromatic nitrogens is 1. The van der Waals surface area contributed by atoms with Crippen LogP contribution in [0.15, 0.2) is 24.3 Å². The van der Waals surface area contributed by atoms with Gasteiger partial charge in [-0.3, -0.25) is 0 Å². The first kappa shape index (κ1) is 9.44. The van der Waals surface area contributed by atoms with Gasteiger partial charge in [-0.05, 0) is 23.9 Å². The Morgan fingerprint density at radius 2 is 2.14 bits per heavy atom. The molecule has 0 unspecified atom stereocenters. The van der Waals surface area contributed by atoms with E-state index >= 15 is 0 Å². The van der Waals surface area contributed by atoms with Gasteiger partial charge in [0.25, 0.3) is 0 Å². The number of fused-ring (bicyclic) bond motifs is 1. The van der Waals surface area contributed by atoms with E-state index in [0.717, 1.165) is 22.0 Å². The van der Waals surface area contributed by atoms with Crippen molar-refractivity contribution in [3.05, 3.63) is 40.7 Å². The van der Waals surface area contributed by atoms with Crippen molar-refractivity contribution in [1.29, 1.82) is 0 Å². The lowest BCUT2D eigenvalue weighted by atomic mass is 10.1. The summed E-state index contributed by atoms with van der Waals surface area (Å²) in [7, 11) is 0. The summed E-state index contributed by atoms with van der Waals surface area (Å²) in [5.74, 6) is 0. The lowest BCUT2D eigenvalue weighted by molar-refractivity contribution is 1.08. The normalized spacial score (nSPS) is 10.8. The van der Waals surface area contributed by atoms with Crippen molar-refractivity contribution in [1.82, 2.24) is 4.98 Å². The number of aryl methyl sites for hydroxylation is 1. The van der Waals surface area contributed by atoms with Gasteiger partial charge < -0.3 is 5.73 Å². The zero-order valence-electron chi connectivity index (χ0n) is 7.92. The smallest absolute Gasteiger partial charge is 0.137 e. The molecule has 0 bridgehead atoms. The highest BCUT2D eigenvalue weighted by molar-refractivity contribution is 6.34. The van der Waals surface area contributed by atoms with E-state index < -0.39 is 0 Å². The van der Waals surface area contributed by atoms with Crippen LogP contribution < -0.4 is 5.73 Å². The highest BCUT2D eigenvalue weighted by Gasteiger charge is 2.04. The van der Waals surface area contributed by atoms with Crippen molar-refractivity contribution in [3.8, 4) is 0 Å². The number of nitrogens with two attached hydrogens (primary N) is 1. The summed E-state index contributed by atoms with van der Waals surface area (Å²) in [5, 5.41) is 2.63. The van der Waals surface area contributed by atoms with E-state index in [9.17, 15) is 0 Å². The Balaban J connectivity index is 2.86. The van der Waals surface area contributed by atoms with Gasteiger partial charge in [-0.15, -0.1) is 0 Å². The summed E-state index contributed by atoms with van der Waals surface area (Å²) < 4.78 is 0. The molecule has 2 N–H and O–H groups in total. The lowest BCUT2D eigenvalue weighted by Gasteiger charge is -2.06. The predicted molar refractivity (Wildman–Crippen MR) is 59.4 cm³/mol. The fourth-order valence-corrected chi connectivity index (χ4v) is 1.90. The number of rotatable bonds is 1. The fourth-order valence-electron chi connectivity index (χ4n) is 1.60. The molecule has 2 nitrogen and oxygen atoms in total. The Morgan fingerprint density at radius 3 is 2.86 bits per heavy atom. The van der Waals surface area contributed by atoms with Gasteiger partial charge in [-0.25, -0.2) is 4.98 Å². The molecule has 0 amide bonds. The molecular formula is C11H11ClN2. The molecule has 1 aromatic heterocycles. The zero-order chi connectivity index (χ0) is 10.1. The van der Waals surface area contributed by atoms with Crippen molar-refractivity contribution in [2.45, 2.75) is 13.5 Å². The topological polar surface area (TPSA) is 38.9 Å². The van der Waals surface area contributed by atoms with Crippen LogP contribution in [0.1, 0.15) is 11.3 Å². The van der Waals surface area contributed by atoms with Gasteiger partial charge in [0, 0.05) is 17.6 Å². The Morgan fingerprint density at radius 1 is 1.36 bits per heavy atom. The van der Waals surface area contributed by atoms with E-state index in [1.54, 1.807) is 0 Å². The predicted octanol–water partition coefficient (Wildman–Crippen LogP) is 2.66. The second kappa shape index (κ2) is 3.56. The molecule has 0 saturated carbocycles. The molecule has 1 aromatic carbocycles. The second-order valence-electron chi connectivity index (χ2n) is 3.27. The van der Waals surface area contributed by atoms with Crippen LogP contribution >= 0.6 is 11.6 Å². The highest BCUT2D eigenvalue weighted by Crippen LogP contribution is 2.25. The van der Waals surface area contributed by atoms with E-state index in [-0.39, 0.29) is 0 Å². The number of benzene rings is 1. The molecule has 3 heteroatoms. The van der Waals surface area contributed by atoms with Crippen LogP contribution in [-0.4, -0.2) is 4.98 Å². The second-order valence-corrected chi connectivity index (χ2v) is 3.63. The van der Waals surface area contributed by atoms with E-state index in [4.69, 9.17) is 17.3 Å². The minimum Gasteiger partial charge on any atom is -0.326 e. The van der Waals surface area contributed by atoms with E-state index in [2.05, 4.69) is 4.98 Å². The molecule has 0 fully saturated rings. The lowest BCUT2D eigenvalue weighted by Crippen LogP contribution is -1.98. The minimum atomic E-state index is 0.525. The van der Waals surface area contributed by atoms with E-state index in [1.807, 2.05) is 31.2 Å². The van der Waals surface area contributed by atoms with Gasteiger partial charge in [0.05, 0.1) is 0 Å². The van der Waals surface area contributed by atoms with Gasteiger partial charge >= 0.3 is 0 Å². The van der Waals surface area contributed by atoms with Crippen LogP contribution in [0.3, 0.4) is 0 Å². The Hall–Kier alpha value is -1.12. The van der Waals surface area contributed by atoms with Crippen LogP contribution in [-0.2, 0) is 6.54 Å². The SMILES string of the molecule is Cc1cc2c(CN)cccc2c(Cl)n1. The molecular weight excluding hydrogens is 196 g/mol. The van der Waals surface area contributed by atoms with Crippen LogP contribution in [0.5, 0.6) is 0 Å². The monoisotopic (exact) mass is 206 g/mol. The third kappa shape index (κ3) is 1.47. The molecule has 2 rings (SSSR count). The molecule has 72 valence electrons. The first-order chi connectivity index (χ1) is 6.72. The highest BCUT2D eigenvalue weighted by atomic mass is 35.5. The van der Waals surface area contributed by atoms with Crippen molar-refractivity contribution in [2.75, 3.05) is 0 Å². The molecule has 0 aliphatic rings. The van der Waals surface area contributed by atoms with Crippen LogP contribution in [0.2, 0.25) is 5.15 Å². The summed E-state index contributed by atoms with van der Waals surface area (Å²) in [6, 6.07) is 7.94. The average molecular weight is 207 g/mol. The standard InChI is InChI=1S/C11H11ClN2/c1-7-5-10-8(6-13)3-2-4-9(10)11(12)14-7/h2-5H,6,13H2,1H3. The summed E-state index contributed by atoms with van der Waals surface area (Å²) in [4.78, 5) is 4.20. The maximum atomic E-state index is 6.04. The van der Waals surface area contributed by atoms with Crippen LogP contribution in [0.4, 0.5) is 0 Å². The first-order valence-corrected chi connectivity index (χ1v) is 4.85. The number of pyridine rings is 1. The van der Waals surface area contributed by atoms with Crippen molar-refractivity contribution >= 4 is 22.4 Å². The molecule has 0 radical (unpaired) electrons. The molecule has 0 atom stereocenters. The average Bonchev–Trinajstić information content (AvgIpc) is 2.17. The number of halogens is 1. The summed E-state index contributed by atoms with van der Waals surface area (Å²) in [6.45, 7) is 2.45. The van der Waals surface area contributed by atoms with Crippen LogP contribution in [0, 0.1) is 6.92 Å². The zero-order valence-corrected chi connectivity index (χ0v) is 8.67. The van der Waals surface area contributed by atoms with Gasteiger partial charge in [0.1, 0.15) is 5.15 Å². The number of hydrogen-bond acceptors (Lipinski definition) is 2. The first-order valence-electron chi connectivity index (χ1n) is 4.47. The van der Waals surface area contributed by atoms with Gasteiger partial charge in [0.2, 0.25) is 0 Å². The quantitative estimate of drug-likeness (QED) is 0.729. The van der Waals surface area contributed by atoms with Crippen molar-refractivity contribution < 1.29 is 0 Å². The van der Waals surface area contributed by atoms with Crippen molar-refractivity contribution in [2.24, 2.45) is 5.73 Å². The molecule has 0 aliphatic carbocycles. The summed E-state index contributed by atoms with van der Waals surface area (Å²) in [5.41, 5.74) is 7.68. The maximum Gasteiger partial charge on any atom is 0.137 e. The molecule has 14 heavy (non-hydrogen) atoms. The molecule has 0 aliphatic heterocycles. The minimum absolute atomic E-state index is 0.525. The summed E-state index contributed by atoms with van der Waals surface area (Å²) >= 11 is 6.04. The van der Waals surface area contributed by atoms with E-state index in [0.29, 0.717) is 11.7 Å².